The first-order chi connectivity index (χ1) is 12.1. The van der Waals surface area contributed by atoms with Crippen molar-refractivity contribution in [1.29, 1.82) is 0 Å². The molecule has 0 spiro atoms. The minimum atomic E-state index is 0.0434. The Kier molecular flexibility index (Phi) is 5.79. The molecule has 0 aliphatic heterocycles. The Balaban J connectivity index is 1.83. The molecule has 0 atom stereocenters. The number of aromatic nitrogens is 1. The molecule has 1 N–H and O–H groups in total. The summed E-state index contributed by atoms with van der Waals surface area (Å²) in [4.78, 5) is 20.1. The van der Waals surface area contributed by atoms with Gasteiger partial charge in [0.05, 0.1) is 6.54 Å². The van der Waals surface area contributed by atoms with Gasteiger partial charge in [-0.15, -0.1) is 11.3 Å². The van der Waals surface area contributed by atoms with Gasteiger partial charge in [0.25, 0.3) is 5.56 Å². The molecule has 134 valence electrons. The highest BCUT2D eigenvalue weighted by atomic mass is 32.1. The lowest BCUT2D eigenvalue weighted by molar-refractivity contribution is 0.334. The minimum Gasteiger partial charge on any atom is -0.370 e. The average molecular weight is 357 g/mol. The van der Waals surface area contributed by atoms with Crippen molar-refractivity contribution in [3.05, 3.63) is 56.5 Å². The van der Waals surface area contributed by atoms with E-state index in [1.807, 2.05) is 25.2 Å². The van der Waals surface area contributed by atoms with E-state index in [4.69, 9.17) is 0 Å². The molecular weight excluding hydrogens is 328 g/mol. The topological polar surface area (TPSA) is 36.1 Å². The van der Waals surface area contributed by atoms with Crippen LogP contribution < -0.4 is 5.56 Å². The number of aromatic amines is 1. The molecule has 1 aliphatic rings. The third kappa shape index (κ3) is 4.06. The van der Waals surface area contributed by atoms with Crippen LogP contribution in [0.25, 0.3) is 10.4 Å². The summed E-state index contributed by atoms with van der Waals surface area (Å²) in [6, 6.07) is 6.50. The van der Waals surface area contributed by atoms with Crippen LogP contribution in [0.3, 0.4) is 0 Å². The van der Waals surface area contributed by atoms with Gasteiger partial charge in [-0.1, -0.05) is 13.0 Å². The van der Waals surface area contributed by atoms with Crippen molar-refractivity contribution in [2.24, 2.45) is 0 Å². The Hall–Kier alpha value is -1.81. The van der Waals surface area contributed by atoms with Gasteiger partial charge in [-0.25, -0.2) is 0 Å². The molecule has 0 bridgehead atoms. The van der Waals surface area contributed by atoms with E-state index in [2.05, 4.69) is 41.1 Å². The summed E-state index contributed by atoms with van der Waals surface area (Å²) in [7, 11) is 0. The fourth-order valence-electron chi connectivity index (χ4n) is 3.51. The summed E-state index contributed by atoms with van der Waals surface area (Å²) in [5, 5.41) is 0. The predicted octanol–water partition coefficient (Wildman–Crippen LogP) is 5.25. The largest absolute Gasteiger partial charge is 0.370 e. The number of H-pyrrole nitrogens is 1. The van der Waals surface area contributed by atoms with Crippen molar-refractivity contribution in [2.45, 2.75) is 59.4 Å². The van der Waals surface area contributed by atoms with Gasteiger partial charge in [0.15, 0.2) is 0 Å². The summed E-state index contributed by atoms with van der Waals surface area (Å²) in [5.74, 6) is 0. The predicted molar refractivity (Wildman–Crippen MR) is 107 cm³/mol. The van der Waals surface area contributed by atoms with Gasteiger partial charge in [0, 0.05) is 38.8 Å². The zero-order valence-corrected chi connectivity index (χ0v) is 16.3. The van der Waals surface area contributed by atoms with Crippen LogP contribution in [0.5, 0.6) is 0 Å². The van der Waals surface area contributed by atoms with Crippen LogP contribution in [-0.2, 0) is 13.0 Å². The van der Waals surface area contributed by atoms with E-state index in [1.165, 1.54) is 41.1 Å². The maximum absolute atomic E-state index is 12.0. The maximum atomic E-state index is 12.0. The maximum Gasteiger partial charge on any atom is 0.251 e. The van der Waals surface area contributed by atoms with Crippen molar-refractivity contribution in [3.63, 3.8) is 0 Å². The molecular formula is C21H28N2OS. The first-order valence-electron chi connectivity index (χ1n) is 9.38. The van der Waals surface area contributed by atoms with E-state index in [0.29, 0.717) is 0 Å². The number of nitrogens with zero attached hydrogens (tertiary/aromatic N) is 1. The fraction of sp³-hybridized carbons (Fsp3) is 0.476. The van der Waals surface area contributed by atoms with Gasteiger partial charge in [-0.05, 0) is 64.2 Å². The smallest absolute Gasteiger partial charge is 0.251 e. The van der Waals surface area contributed by atoms with E-state index in [9.17, 15) is 4.79 Å². The first-order valence-corrected chi connectivity index (χ1v) is 10.2. The molecule has 25 heavy (non-hydrogen) atoms. The zero-order valence-electron chi connectivity index (χ0n) is 15.5. The van der Waals surface area contributed by atoms with Crippen molar-refractivity contribution in [3.8, 4) is 10.4 Å². The number of hydrogen-bond donors (Lipinski definition) is 1. The van der Waals surface area contributed by atoms with Crippen molar-refractivity contribution >= 4 is 11.3 Å². The molecule has 1 aliphatic carbocycles. The van der Waals surface area contributed by atoms with Gasteiger partial charge in [0.2, 0.25) is 0 Å². The third-order valence-electron chi connectivity index (χ3n) is 5.02. The van der Waals surface area contributed by atoms with E-state index >= 15 is 0 Å². The Morgan fingerprint density at radius 3 is 2.76 bits per heavy atom. The number of nitrogens with one attached hydrogen (secondary N) is 1. The van der Waals surface area contributed by atoms with Gasteiger partial charge < -0.3 is 9.88 Å². The van der Waals surface area contributed by atoms with Crippen LogP contribution in [-0.4, -0.2) is 16.4 Å². The zero-order chi connectivity index (χ0) is 17.8. The van der Waals surface area contributed by atoms with Crippen LogP contribution in [0.4, 0.5) is 0 Å². The van der Waals surface area contributed by atoms with Gasteiger partial charge >= 0.3 is 0 Å². The quantitative estimate of drug-likeness (QED) is 0.767. The van der Waals surface area contributed by atoms with Crippen molar-refractivity contribution in [2.75, 3.05) is 6.54 Å². The number of thiophene rings is 1. The van der Waals surface area contributed by atoms with E-state index in [1.54, 1.807) is 0 Å². The van der Waals surface area contributed by atoms with Gasteiger partial charge in [-0.3, -0.25) is 4.79 Å². The van der Waals surface area contributed by atoms with Gasteiger partial charge in [0.1, 0.15) is 0 Å². The summed E-state index contributed by atoms with van der Waals surface area (Å²) < 4.78 is 0. The van der Waals surface area contributed by atoms with Gasteiger partial charge in [-0.2, -0.15) is 0 Å². The number of allylic oxidation sites excluding steroid dienone is 2. The lowest BCUT2D eigenvalue weighted by Gasteiger charge is -2.27. The first kappa shape index (κ1) is 18.0. The fourth-order valence-corrected chi connectivity index (χ4v) is 4.60. The number of rotatable bonds is 6. The second-order valence-electron chi connectivity index (χ2n) is 6.74. The Labute approximate surface area is 154 Å². The molecule has 3 nitrogen and oxygen atoms in total. The molecule has 0 amide bonds. The van der Waals surface area contributed by atoms with Crippen LogP contribution in [0, 0.1) is 6.92 Å². The Morgan fingerprint density at radius 2 is 2.08 bits per heavy atom. The second kappa shape index (κ2) is 8.05. The number of hydrogen-bond acceptors (Lipinski definition) is 3. The summed E-state index contributed by atoms with van der Waals surface area (Å²) in [6.45, 7) is 8.29. The molecule has 0 aromatic carbocycles. The molecule has 0 unspecified atom stereocenters. The molecule has 4 heteroatoms. The lowest BCUT2D eigenvalue weighted by Crippen LogP contribution is -2.22. The van der Waals surface area contributed by atoms with Crippen LogP contribution in [0.2, 0.25) is 0 Å². The summed E-state index contributed by atoms with van der Waals surface area (Å²) in [5.41, 5.74) is 4.53. The molecule has 2 aromatic rings. The lowest BCUT2D eigenvalue weighted by atomic mass is 10.0. The van der Waals surface area contributed by atoms with Crippen molar-refractivity contribution < 1.29 is 0 Å². The highest BCUT2D eigenvalue weighted by Crippen LogP contribution is 2.32. The molecule has 0 radical (unpaired) electrons. The number of pyridine rings is 1. The monoisotopic (exact) mass is 356 g/mol. The van der Waals surface area contributed by atoms with E-state index < -0.39 is 0 Å². The summed E-state index contributed by atoms with van der Waals surface area (Å²) in [6.07, 6.45) is 8.26. The molecule has 0 fully saturated rings. The van der Waals surface area contributed by atoms with Crippen molar-refractivity contribution in [1.82, 2.24) is 9.88 Å². The third-order valence-corrected chi connectivity index (χ3v) is 6.13. The molecule has 2 heterocycles. The number of aryl methyl sites for hydroxylation is 2. The average Bonchev–Trinajstić information content (AvgIpc) is 3.09. The molecule has 3 rings (SSSR count). The Morgan fingerprint density at radius 1 is 1.24 bits per heavy atom. The van der Waals surface area contributed by atoms with E-state index in [-0.39, 0.29) is 5.56 Å². The standard InChI is InChI=1S/C21H28N2OS/c1-4-16-13-19(15(3)22-21(16)24)20-12-11-18(25-20)14-23(5-2)17-9-7-6-8-10-17/h9,11-13H,4-8,10,14H2,1-3H3,(H,22,24). The second-order valence-corrected chi connectivity index (χ2v) is 7.91. The van der Waals surface area contributed by atoms with Crippen LogP contribution in [0.15, 0.2) is 34.8 Å². The molecule has 0 saturated carbocycles. The van der Waals surface area contributed by atoms with E-state index in [0.717, 1.165) is 36.3 Å². The molecule has 2 aromatic heterocycles. The minimum absolute atomic E-state index is 0.0434. The van der Waals surface area contributed by atoms with Crippen LogP contribution in [0.1, 0.15) is 55.7 Å². The SMILES string of the molecule is CCc1cc(-c2ccc(CN(CC)C3=CCCCC3)s2)c(C)[nH]c1=O. The Bertz CT molecular complexity index is 816. The normalized spacial score (nSPS) is 14.4. The highest BCUT2D eigenvalue weighted by molar-refractivity contribution is 7.15. The highest BCUT2D eigenvalue weighted by Gasteiger charge is 2.14. The molecule has 0 saturated heterocycles. The summed E-state index contributed by atoms with van der Waals surface area (Å²) >= 11 is 1.84. The van der Waals surface area contributed by atoms with Crippen LogP contribution >= 0.6 is 11.3 Å².